The number of carbonyl (C=O) groups is 2. The van der Waals surface area contributed by atoms with Crippen LogP contribution in [0.4, 0.5) is 0 Å². The molecule has 21 heavy (non-hydrogen) atoms. The van der Waals surface area contributed by atoms with Crippen LogP contribution in [-0.4, -0.2) is 16.9 Å². The van der Waals surface area contributed by atoms with Crippen LogP contribution in [0.5, 0.6) is 0 Å². The number of carbonyl (C=O) groups excluding carboxylic acids is 1. The van der Waals surface area contributed by atoms with Gasteiger partial charge >= 0.3 is 5.97 Å². The molecule has 0 aliphatic carbocycles. The van der Waals surface area contributed by atoms with Gasteiger partial charge in [-0.2, -0.15) is 0 Å². The highest BCUT2D eigenvalue weighted by molar-refractivity contribution is 6.04. The smallest absolute Gasteiger partial charge is 0.335 e. The molecule has 0 unspecified atom stereocenters. The third-order valence-corrected chi connectivity index (χ3v) is 2.86. The monoisotopic (exact) mass is 278 g/mol. The fraction of sp³-hybridized carbons (Fsp3) is 0. The van der Waals surface area contributed by atoms with E-state index in [4.69, 9.17) is 5.11 Å². The van der Waals surface area contributed by atoms with Gasteiger partial charge in [-0.3, -0.25) is 4.79 Å². The van der Waals surface area contributed by atoms with Crippen LogP contribution in [0.2, 0.25) is 0 Å². The first-order chi connectivity index (χ1) is 10.2. The number of ketones is 1. The van der Waals surface area contributed by atoms with Crippen LogP contribution in [0.25, 0.3) is 6.08 Å². The van der Waals surface area contributed by atoms with E-state index in [1.165, 1.54) is 6.08 Å². The van der Waals surface area contributed by atoms with E-state index in [-0.39, 0.29) is 11.3 Å². The lowest BCUT2D eigenvalue weighted by molar-refractivity contribution is 0.0696. The van der Waals surface area contributed by atoms with Crippen molar-refractivity contribution in [2.45, 2.75) is 0 Å². The van der Waals surface area contributed by atoms with Crippen LogP contribution >= 0.6 is 0 Å². The number of benzene rings is 2. The van der Waals surface area contributed by atoms with E-state index >= 15 is 0 Å². The third kappa shape index (κ3) is 4.28. The summed E-state index contributed by atoms with van der Waals surface area (Å²) < 4.78 is 0. The molecule has 0 aliphatic heterocycles. The molecule has 3 heteroatoms. The normalized spacial score (nSPS) is 11.0. The lowest BCUT2D eigenvalue weighted by atomic mass is 10.1. The van der Waals surface area contributed by atoms with Crippen LogP contribution in [0.3, 0.4) is 0 Å². The summed E-state index contributed by atoms with van der Waals surface area (Å²) in [5.74, 6) is -1.000. The van der Waals surface area contributed by atoms with Gasteiger partial charge in [0.05, 0.1) is 5.56 Å². The molecular weight excluding hydrogens is 264 g/mol. The lowest BCUT2D eigenvalue weighted by Gasteiger charge is -1.95. The van der Waals surface area contributed by atoms with Gasteiger partial charge in [-0.05, 0) is 23.8 Å². The quantitative estimate of drug-likeness (QED) is 0.513. The van der Waals surface area contributed by atoms with Crippen molar-refractivity contribution in [1.82, 2.24) is 0 Å². The standard InChI is InChI=1S/C18H14O3/c19-17(15-7-2-1-3-8-15)9-5-4-6-14-10-12-16(13-11-14)18(20)21/h1-13H,(H,20,21). The Bertz CT molecular complexity index is 680. The topological polar surface area (TPSA) is 54.4 Å². The molecule has 104 valence electrons. The first-order valence-electron chi connectivity index (χ1n) is 6.44. The predicted octanol–water partition coefficient (Wildman–Crippen LogP) is 3.84. The van der Waals surface area contributed by atoms with E-state index in [1.54, 1.807) is 54.6 Å². The number of allylic oxidation sites excluding steroid dienone is 3. The second-order valence-corrected chi connectivity index (χ2v) is 4.38. The number of hydrogen-bond donors (Lipinski definition) is 1. The SMILES string of the molecule is O=C(O)c1ccc(C=CC=CC(=O)c2ccccc2)cc1. The Morgan fingerprint density at radius 3 is 2.10 bits per heavy atom. The van der Waals surface area contributed by atoms with Gasteiger partial charge < -0.3 is 5.11 Å². The molecule has 0 aliphatic rings. The van der Waals surface area contributed by atoms with E-state index in [0.29, 0.717) is 5.56 Å². The molecule has 0 spiro atoms. The fourth-order valence-electron chi connectivity index (χ4n) is 1.75. The van der Waals surface area contributed by atoms with Crippen molar-refractivity contribution in [3.05, 3.63) is 89.5 Å². The largest absolute Gasteiger partial charge is 0.478 e. The maximum absolute atomic E-state index is 11.8. The molecule has 0 radical (unpaired) electrons. The van der Waals surface area contributed by atoms with Gasteiger partial charge in [0.15, 0.2) is 5.78 Å². The van der Waals surface area contributed by atoms with Crippen LogP contribution in [0, 0.1) is 0 Å². The van der Waals surface area contributed by atoms with E-state index in [9.17, 15) is 9.59 Å². The summed E-state index contributed by atoms with van der Waals surface area (Å²) in [5, 5.41) is 8.79. The van der Waals surface area contributed by atoms with Crippen molar-refractivity contribution in [1.29, 1.82) is 0 Å². The average molecular weight is 278 g/mol. The van der Waals surface area contributed by atoms with Gasteiger partial charge in [0.1, 0.15) is 0 Å². The highest BCUT2D eigenvalue weighted by Crippen LogP contribution is 2.06. The molecule has 0 saturated heterocycles. The maximum atomic E-state index is 11.8. The van der Waals surface area contributed by atoms with Crippen molar-refractivity contribution in [2.75, 3.05) is 0 Å². The van der Waals surface area contributed by atoms with E-state index in [1.807, 2.05) is 18.2 Å². The molecule has 2 aromatic rings. The molecule has 0 amide bonds. The van der Waals surface area contributed by atoms with Gasteiger partial charge in [-0.1, -0.05) is 60.7 Å². The highest BCUT2D eigenvalue weighted by atomic mass is 16.4. The molecule has 0 saturated carbocycles. The number of aromatic carboxylic acids is 1. The Morgan fingerprint density at radius 2 is 1.48 bits per heavy atom. The predicted molar refractivity (Wildman–Crippen MR) is 82.3 cm³/mol. The Labute approximate surface area is 122 Å². The summed E-state index contributed by atoms with van der Waals surface area (Å²) >= 11 is 0. The average Bonchev–Trinajstić information content (AvgIpc) is 2.52. The van der Waals surface area contributed by atoms with Crippen LogP contribution in [0.1, 0.15) is 26.3 Å². The highest BCUT2D eigenvalue weighted by Gasteiger charge is 2.00. The van der Waals surface area contributed by atoms with Gasteiger partial charge in [0, 0.05) is 5.56 Å². The molecule has 2 rings (SSSR count). The zero-order chi connectivity index (χ0) is 15.1. The summed E-state index contributed by atoms with van der Waals surface area (Å²) in [4.78, 5) is 22.5. The summed E-state index contributed by atoms with van der Waals surface area (Å²) in [7, 11) is 0. The fourth-order valence-corrected chi connectivity index (χ4v) is 1.75. The van der Waals surface area contributed by atoms with Crippen molar-refractivity contribution >= 4 is 17.8 Å². The van der Waals surface area contributed by atoms with Crippen LogP contribution in [0.15, 0.2) is 72.8 Å². The number of carboxylic acids is 1. The molecule has 1 N–H and O–H groups in total. The summed E-state index contributed by atoms with van der Waals surface area (Å²) in [5.41, 5.74) is 1.77. The molecule has 3 nitrogen and oxygen atoms in total. The van der Waals surface area contributed by atoms with Gasteiger partial charge in [0.25, 0.3) is 0 Å². The van der Waals surface area contributed by atoms with Gasteiger partial charge in [0.2, 0.25) is 0 Å². The molecule has 0 heterocycles. The molecule has 2 aromatic carbocycles. The minimum atomic E-state index is -0.945. The second-order valence-electron chi connectivity index (χ2n) is 4.38. The van der Waals surface area contributed by atoms with E-state index in [2.05, 4.69) is 0 Å². The van der Waals surface area contributed by atoms with Gasteiger partial charge in [-0.25, -0.2) is 4.79 Å². The van der Waals surface area contributed by atoms with Crippen molar-refractivity contribution in [2.24, 2.45) is 0 Å². The van der Waals surface area contributed by atoms with Crippen LogP contribution in [-0.2, 0) is 0 Å². The maximum Gasteiger partial charge on any atom is 0.335 e. The Hall–Kier alpha value is -2.94. The summed E-state index contributed by atoms with van der Waals surface area (Å²) in [6, 6.07) is 15.5. The van der Waals surface area contributed by atoms with Crippen LogP contribution < -0.4 is 0 Å². The Balaban J connectivity index is 1.97. The zero-order valence-electron chi connectivity index (χ0n) is 11.3. The molecular formula is C18H14O3. The zero-order valence-corrected chi connectivity index (χ0v) is 11.3. The minimum Gasteiger partial charge on any atom is -0.478 e. The van der Waals surface area contributed by atoms with Crippen molar-refractivity contribution in [3.8, 4) is 0 Å². The lowest BCUT2D eigenvalue weighted by Crippen LogP contribution is -1.94. The Morgan fingerprint density at radius 1 is 0.810 bits per heavy atom. The van der Waals surface area contributed by atoms with E-state index < -0.39 is 5.97 Å². The molecule has 0 aromatic heterocycles. The molecule has 0 fully saturated rings. The minimum absolute atomic E-state index is 0.0542. The Kier molecular flexibility index (Phi) is 4.83. The second kappa shape index (κ2) is 7.01. The number of carboxylic acid groups (broad SMARTS) is 1. The molecule has 0 atom stereocenters. The third-order valence-electron chi connectivity index (χ3n) is 2.86. The number of rotatable bonds is 5. The van der Waals surface area contributed by atoms with E-state index in [0.717, 1.165) is 5.56 Å². The summed E-state index contributed by atoms with van der Waals surface area (Å²) in [6.07, 6.45) is 6.72. The first-order valence-corrected chi connectivity index (χ1v) is 6.44. The van der Waals surface area contributed by atoms with Gasteiger partial charge in [-0.15, -0.1) is 0 Å². The van der Waals surface area contributed by atoms with Crippen molar-refractivity contribution < 1.29 is 14.7 Å². The van der Waals surface area contributed by atoms with Crippen molar-refractivity contribution in [3.63, 3.8) is 0 Å². The molecule has 0 bridgehead atoms. The first kappa shape index (κ1) is 14.5. The summed E-state index contributed by atoms with van der Waals surface area (Å²) in [6.45, 7) is 0. The number of hydrogen-bond acceptors (Lipinski definition) is 2.